The molecule has 4 rings (SSSR count). The predicted octanol–water partition coefficient (Wildman–Crippen LogP) is 2.00. The van der Waals surface area contributed by atoms with Crippen LogP contribution in [0.2, 0.25) is 0 Å². The first-order valence-corrected chi connectivity index (χ1v) is 9.05. The molecule has 0 saturated carbocycles. The normalized spacial score (nSPS) is 31.4. The summed E-state index contributed by atoms with van der Waals surface area (Å²) in [6.45, 7) is 7.08. The molecule has 0 unspecified atom stereocenters. The standard InChI is InChI=1S/C19H26N2O3/c1-19(2)9-14(6-7-24-19)18(23)20-10-13-8-15(12-20)16-4-3-5-17(22)21(16)11-13/h3-5,13-15H,6-12H2,1-2H3/t13-,14+,15-/m1/s1. The van der Waals surface area contributed by atoms with Crippen LogP contribution >= 0.6 is 0 Å². The van der Waals surface area contributed by atoms with Crippen molar-refractivity contribution in [1.29, 1.82) is 0 Å². The minimum Gasteiger partial charge on any atom is -0.376 e. The molecule has 5 nitrogen and oxygen atoms in total. The molecule has 3 atom stereocenters. The molecular weight excluding hydrogens is 304 g/mol. The Labute approximate surface area is 142 Å². The summed E-state index contributed by atoms with van der Waals surface area (Å²) in [5.74, 6) is 1.05. The number of aromatic nitrogens is 1. The van der Waals surface area contributed by atoms with Crippen LogP contribution < -0.4 is 5.56 Å². The average Bonchev–Trinajstić information content (AvgIpc) is 2.54. The maximum absolute atomic E-state index is 13.1. The molecular formula is C19H26N2O3. The second kappa shape index (κ2) is 5.73. The third-order valence-corrected chi connectivity index (χ3v) is 5.84. The smallest absolute Gasteiger partial charge is 0.250 e. The van der Waals surface area contributed by atoms with Crippen LogP contribution in [-0.4, -0.2) is 40.7 Å². The van der Waals surface area contributed by atoms with Crippen molar-refractivity contribution in [2.75, 3.05) is 19.7 Å². The summed E-state index contributed by atoms with van der Waals surface area (Å²) in [6.07, 6.45) is 2.71. The average molecular weight is 330 g/mol. The number of carbonyl (C=O) groups is 1. The molecule has 5 heteroatoms. The monoisotopic (exact) mass is 330 g/mol. The van der Waals surface area contributed by atoms with Crippen LogP contribution in [0.5, 0.6) is 0 Å². The number of fused-ring (bicyclic) bond motifs is 4. The van der Waals surface area contributed by atoms with Gasteiger partial charge in [0.2, 0.25) is 5.91 Å². The molecule has 2 fully saturated rings. The first kappa shape index (κ1) is 15.9. The third-order valence-electron chi connectivity index (χ3n) is 5.84. The lowest BCUT2D eigenvalue weighted by Gasteiger charge is -2.45. The summed E-state index contributed by atoms with van der Waals surface area (Å²) in [4.78, 5) is 27.2. The van der Waals surface area contributed by atoms with Crippen molar-refractivity contribution in [2.45, 2.75) is 51.2 Å². The molecule has 0 aromatic carbocycles. The number of ether oxygens (including phenoxy) is 1. The largest absolute Gasteiger partial charge is 0.376 e. The number of piperidine rings is 1. The summed E-state index contributed by atoms with van der Waals surface area (Å²) in [7, 11) is 0. The second-order valence-corrected chi connectivity index (χ2v) is 8.24. The van der Waals surface area contributed by atoms with Gasteiger partial charge in [-0.25, -0.2) is 0 Å². The lowest BCUT2D eigenvalue weighted by molar-refractivity contribution is -0.148. The van der Waals surface area contributed by atoms with Crippen molar-refractivity contribution < 1.29 is 9.53 Å². The summed E-state index contributed by atoms with van der Waals surface area (Å²) < 4.78 is 7.67. The first-order valence-electron chi connectivity index (χ1n) is 9.05. The Hall–Kier alpha value is -1.62. The molecule has 0 N–H and O–H groups in total. The Bertz CT molecular complexity index is 709. The number of rotatable bonds is 1. The predicted molar refractivity (Wildman–Crippen MR) is 90.9 cm³/mol. The molecule has 1 aromatic rings. The van der Waals surface area contributed by atoms with Gasteiger partial charge in [0.1, 0.15) is 0 Å². The van der Waals surface area contributed by atoms with Gasteiger partial charge in [0.05, 0.1) is 5.60 Å². The molecule has 0 aliphatic carbocycles. The van der Waals surface area contributed by atoms with Gasteiger partial charge in [-0.2, -0.15) is 0 Å². The van der Waals surface area contributed by atoms with Crippen molar-refractivity contribution in [3.05, 3.63) is 34.2 Å². The molecule has 24 heavy (non-hydrogen) atoms. The van der Waals surface area contributed by atoms with Gasteiger partial charge in [0.25, 0.3) is 5.56 Å². The fourth-order valence-electron chi connectivity index (χ4n) is 4.78. The van der Waals surface area contributed by atoms with Gasteiger partial charge in [0, 0.05) is 49.8 Å². The Balaban J connectivity index is 1.54. The molecule has 1 aromatic heterocycles. The van der Waals surface area contributed by atoms with Crippen LogP contribution in [0.25, 0.3) is 0 Å². The van der Waals surface area contributed by atoms with E-state index in [2.05, 4.69) is 18.7 Å². The number of nitrogens with zero attached hydrogens (tertiary/aromatic N) is 2. The van der Waals surface area contributed by atoms with Crippen molar-refractivity contribution >= 4 is 5.91 Å². The lowest BCUT2D eigenvalue weighted by atomic mass is 9.81. The van der Waals surface area contributed by atoms with Crippen LogP contribution in [0.1, 0.15) is 44.7 Å². The molecule has 4 heterocycles. The highest BCUT2D eigenvalue weighted by molar-refractivity contribution is 5.79. The number of carbonyl (C=O) groups excluding carboxylic acids is 1. The fourth-order valence-corrected chi connectivity index (χ4v) is 4.78. The number of hydrogen-bond acceptors (Lipinski definition) is 3. The molecule has 2 saturated heterocycles. The van der Waals surface area contributed by atoms with Gasteiger partial charge in [-0.1, -0.05) is 6.07 Å². The summed E-state index contributed by atoms with van der Waals surface area (Å²) >= 11 is 0. The maximum Gasteiger partial charge on any atom is 0.250 e. The number of hydrogen-bond donors (Lipinski definition) is 0. The number of likely N-dealkylation sites (tertiary alicyclic amines) is 1. The van der Waals surface area contributed by atoms with Crippen LogP contribution in [0.4, 0.5) is 0 Å². The van der Waals surface area contributed by atoms with Gasteiger partial charge in [0.15, 0.2) is 0 Å². The van der Waals surface area contributed by atoms with Crippen LogP contribution in [0, 0.1) is 11.8 Å². The van der Waals surface area contributed by atoms with E-state index in [1.165, 1.54) is 0 Å². The van der Waals surface area contributed by atoms with E-state index in [4.69, 9.17) is 4.74 Å². The third kappa shape index (κ3) is 2.79. The van der Waals surface area contributed by atoms with E-state index in [1.807, 2.05) is 16.7 Å². The highest BCUT2D eigenvalue weighted by atomic mass is 16.5. The van der Waals surface area contributed by atoms with Crippen LogP contribution in [0.3, 0.4) is 0 Å². The highest BCUT2D eigenvalue weighted by Gasteiger charge is 2.40. The van der Waals surface area contributed by atoms with E-state index in [0.717, 1.165) is 44.6 Å². The number of amides is 1. The molecule has 0 spiro atoms. The van der Waals surface area contributed by atoms with E-state index in [-0.39, 0.29) is 23.0 Å². The summed E-state index contributed by atoms with van der Waals surface area (Å²) in [6, 6.07) is 5.53. The summed E-state index contributed by atoms with van der Waals surface area (Å²) in [5.41, 5.74) is 0.987. The zero-order valence-electron chi connectivity index (χ0n) is 14.5. The first-order chi connectivity index (χ1) is 11.4. The number of pyridine rings is 1. The van der Waals surface area contributed by atoms with Gasteiger partial charge >= 0.3 is 0 Å². The Morgan fingerprint density at radius 2 is 2.08 bits per heavy atom. The SMILES string of the molecule is CC1(C)C[C@@H](C(=O)N2C[C@H]3C[C@H](C2)c2cccc(=O)n2C3)CCO1. The molecule has 3 aliphatic rings. The van der Waals surface area contributed by atoms with Crippen molar-refractivity contribution in [3.63, 3.8) is 0 Å². The van der Waals surface area contributed by atoms with Crippen LogP contribution in [-0.2, 0) is 16.1 Å². The Kier molecular flexibility index (Phi) is 3.79. The van der Waals surface area contributed by atoms with Crippen molar-refractivity contribution in [2.24, 2.45) is 11.8 Å². The molecule has 3 aliphatic heterocycles. The molecule has 0 radical (unpaired) electrons. The lowest BCUT2D eigenvalue weighted by Crippen LogP contribution is -2.52. The minimum atomic E-state index is -0.204. The van der Waals surface area contributed by atoms with E-state index in [9.17, 15) is 9.59 Å². The minimum absolute atomic E-state index is 0.0746. The Morgan fingerprint density at radius 3 is 2.88 bits per heavy atom. The van der Waals surface area contributed by atoms with E-state index in [0.29, 0.717) is 18.4 Å². The van der Waals surface area contributed by atoms with Crippen LogP contribution in [0.15, 0.2) is 23.0 Å². The molecule has 1 amide bonds. The van der Waals surface area contributed by atoms with Crippen molar-refractivity contribution in [3.8, 4) is 0 Å². The topological polar surface area (TPSA) is 51.5 Å². The zero-order chi connectivity index (χ0) is 16.9. The van der Waals surface area contributed by atoms with Gasteiger partial charge in [-0.15, -0.1) is 0 Å². The van der Waals surface area contributed by atoms with Crippen molar-refractivity contribution in [1.82, 2.24) is 9.47 Å². The van der Waals surface area contributed by atoms with E-state index >= 15 is 0 Å². The van der Waals surface area contributed by atoms with E-state index in [1.54, 1.807) is 6.07 Å². The zero-order valence-corrected chi connectivity index (χ0v) is 14.5. The fraction of sp³-hybridized carbons (Fsp3) is 0.684. The quantitative estimate of drug-likeness (QED) is 0.791. The summed E-state index contributed by atoms with van der Waals surface area (Å²) in [5, 5.41) is 0. The highest BCUT2D eigenvalue weighted by Crippen LogP contribution is 2.37. The van der Waals surface area contributed by atoms with E-state index < -0.39 is 0 Å². The molecule has 130 valence electrons. The van der Waals surface area contributed by atoms with Gasteiger partial charge in [-0.05, 0) is 45.1 Å². The van der Waals surface area contributed by atoms with Gasteiger partial charge < -0.3 is 14.2 Å². The molecule has 2 bridgehead atoms. The Morgan fingerprint density at radius 1 is 1.25 bits per heavy atom. The van der Waals surface area contributed by atoms with Gasteiger partial charge in [-0.3, -0.25) is 9.59 Å². The second-order valence-electron chi connectivity index (χ2n) is 8.24. The maximum atomic E-state index is 13.1.